The van der Waals surface area contributed by atoms with E-state index in [-0.39, 0.29) is 5.91 Å². The van der Waals surface area contributed by atoms with Crippen molar-refractivity contribution in [3.8, 4) is 5.75 Å². The summed E-state index contributed by atoms with van der Waals surface area (Å²) in [6.07, 6.45) is 7.52. The number of rotatable bonds is 5. The molecule has 148 valence electrons. The Bertz CT molecular complexity index is 787. The van der Waals surface area contributed by atoms with E-state index in [1.54, 1.807) is 7.11 Å². The number of piperidine rings is 1. The predicted octanol–water partition coefficient (Wildman–Crippen LogP) is 2.32. The Balaban J connectivity index is 1.33. The number of amides is 1. The topological polar surface area (TPSA) is 61.8 Å². The zero-order chi connectivity index (χ0) is 19.3. The molecule has 7 nitrogen and oxygen atoms in total. The van der Waals surface area contributed by atoms with Crippen LogP contribution in [0, 0.1) is 0 Å². The van der Waals surface area contributed by atoms with Gasteiger partial charge in [0.05, 0.1) is 13.7 Å². The lowest BCUT2D eigenvalue weighted by Crippen LogP contribution is -2.50. The molecule has 2 saturated heterocycles. The molecule has 2 aromatic rings. The van der Waals surface area contributed by atoms with Gasteiger partial charge in [-0.25, -0.2) is 9.97 Å². The second kappa shape index (κ2) is 8.56. The molecule has 0 unspecified atom stereocenters. The van der Waals surface area contributed by atoms with Gasteiger partial charge in [-0.15, -0.1) is 0 Å². The van der Waals surface area contributed by atoms with Gasteiger partial charge in [0.15, 0.2) is 0 Å². The van der Waals surface area contributed by atoms with Crippen LogP contribution in [0.2, 0.25) is 0 Å². The molecular weight excluding hydrogens is 354 g/mol. The van der Waals surface area contributed by atoms with Gasteiger partial charge < -0.3 is 14.5 Å². The number of nitrogens with zero attached hydrogens (tertiary/aromatic N) is 5. The van der Waals surface area contributed by atoms with Gasteiger partial charge >= 0.3 is 0 Å². The number of benzene rings is 1. The number of hydrogen-bond donors (Lipinski definition) is 0. The number of ether oxygens (including phenoxy) is 1. The predicted molar refractivity (Wildman–Crippen MR) is 109 cm³/mol. The average molecular weight is 381 g/mol. The van der Waals surface area contributed by atoms with E-state index in [1.165, 1.54) is 19.3 Å². The van der Waals surface area contributed by atoms with Crippen LogP contribution in [0.15, 0.2) is 36.7 Å². The zero-order valence-electron chi connectivity index (χ0n) is 16.4. The lowest BCUT2D eigenvalue weighted by molar-refractivity contribution is -0.121. The van der Waals surface area contributed by atoms with Crippen molar-refractivity contribution in [1.82, 2.24) is 14.9 Å². The van der Waals surface area contributed by atoms with Crippen LogP contribution in [-0.2, 0) is 11.3 Å². The van der Waals surface area contributed by atoms with Crippen LogP contribution in [0.4, 0.5) is 11.6 Å². The van der Waals surface area contributed by atoms with Gasteiger partial charge in [-0.3, -0.25) is 9.69 Å². The fraction of sp³-hybridized carbons (Fsp3) is 0.476. The van der Waals surface area contributed by atoms with Crippen LogP contribution in [-0.4, -0.2) is 60.6 Å². The molecule has 28 heavy (non-hydrogen) atoms. The smallest absolute Gasteiger partial charge is 0.241 e. The molecule has 0 aliphatic carbocycles. The van der Waals surface area contributed by atoms with Crippen molar-refractivity contribution in [2.24, 2.45) is 0 Å². The molecule has 0 atom stereocenters. The van der Waals surface area contributed by atoms with Gasteiger partial charge in [-0.05, 0) is 43.5 Å². The van der Waals surface area contributed by atoms with Gasteiger partial charge in [-0.1, -0.05) is 0 Å². The van der Waals surface area contributed by atoms with E-state index >= 15 is 0 Å². The van der Waals surface area contributed by atoms with E-state index in [4.69, 9.17) is 4.74 Å². The molecule has 0 spiro atoms. The minimum absolute atomic E-state index is 0.113. The van der Waals surface area contributed by atoms with E-state index < -0.39 is 0 Å². The van der Waals surface area contributed by atoms with Crippen molar-refractivity contribution in [2.45, 2.75) is 25.8 Å². The Morgan fingerprint density at radius 3 is 2.32 bits per heavy atom. The first kappa shape index (κ1) is 18.7. The molecule has 0 saturated carbocycles. The van der Waals surface area contributed by atoms with Crippen LogP contribution in [0.3, 0.4) is 0 Å². The first-order valence-corrected chi connectivity index (χ1v) is 9.95. The summed E-state index contributed by atoms with van der Waals surface area (Å²) in [5.74, 6) is 1.73. The largest absolute Gasteiger partial charge is 0.497 e. The molecular formula is C21H27N5O2. The monoisotopic (exact) mass is 381 g/mol. The third-order valence-electron chi connectivity index (χ3n) is 5.42. The second-order valence-corrected chi connectivity index (χ2v) is 7.39. The molecule has 1 amide bonds. The maximum absolute atomic E-state index is 12.6. The molecule has 2 aliphatic rings. The summed E-state index contributed by atoms with van der Waals surface area (Å²) < 4.78 is 5.19. The van der Waals surface area contributed by atoms with Crippen LogP contribution >= 0.6 is 0 Å². The number of piperazine rings is 1. The Labute approximate surface area is 165 Å². The van der Waals surface area contributed by atoms with Crippen molar-refractivity contribution in [3.05, 3.63) is 42.2 Å². The summed E-state index contributed by atoms with van der Waals surface area (Å²) in [6.45, 7) is 4.69. The van der Waals surface area contributed by atoms with Gasteiger partial charge in [0, 0.05) is 56.4 Å². The first-order valence-electron chi connectivity index (χ1n) is 9.95. The maximum atomic E-state index is 12.6. The van der Waals surface area contributed by atoms with Gasteiger partial charge in [0.1, 0.15) is 5.75 Å². The zero-order valence-corrected chi connectivity index (χ0v) is 16.4. The Hall–Kier alpha value is -2.67. The quantitative estimate of drug-likeness (QED) is 0.792. The molecule has 0 radical (unpaired) electrons. The van der Waals surface area contributed by atoms with Crippen molar-refractivity contribution >= 4 is 17.5 Å². The molecule has 1 aromatic heterocycles. The second-order valence-electron chi connectivity index (χ2n) is 7.39. The molecule has 2 aliphatic heterocycles. The summed E-state index contributed by atoms with van der Waals surface area (Å²) in [6, 6.07) is 7.63. The lowest BCUT2D eigenvalue weighted by Gasteiger charge is -2.34. The number of hydrogen-bond acceptors (Lipinski definition) is 6. The Kier molecular flexibility index (Phi) is 5.71. The van der Waals surface area contributed by atoms with Crippen LogP contribution in [0.25, 0.3) is 0 Å². The van der Waals surface area contributed by atoms with E-state index in [9.17, 15) is 4.79 Å². The Morgan fingerprint density at radius 1 is 0.964 bits per heavy atom. The molecule has 2 fully saturated rings. The van der Waals surface area contributed by atoms with Gasteiger partial charge in [-0.2, -0.15) is 0 Å². The Morgan fingerprint density at radius 2 is 1.68 bits per heavy atom. The number of carbonyl (C=O) groups excluding carboxylic acids is 1. The minimum Gasteiger partial charge on any atom is -0.497 e. The van der Waals surface area contributed by atoms with Crippen LogP contribution < -0.4 is 14.5 Å². The highest BCUT2D eigenvalue weighted by Crippen LogP contribution is 2.22. The normalized spacial score (nSPS) is 18.4. The van der Waals surface area contributed by atoms with Gasteiger partial charge in [0.25, 0.3) is 0 Å². The molecule has 7 heteroatoms. The molecule has 4 rings (SSSR count). The number of anilines is 2. The standard InChI is InChI=1S/C21H27N5O2/c1-28-19-7-5-18(6-8-19)26-12-11-24(16-20(26)27)15-17-13-22-21(23-14-17)25-9-3-2-4-10-25/h5-8,13-14H,2-4,9-12,15-16H2,1H3. The third kappa shape index (κ3) is 4.25. The van der Waals surface area contributed by atoms with Crippen LogP contribution in [0.5, 0.6) is 5.75 Å². The van der Waals surface area contributed by atoms with E-state index in [0.717, 1.165) is 42.6 Å². The summed E-state index contributed by atoms with van der Waals surface area (Å²) >= 11 is 0. The van der Waals surface area contributed by atoms with Crippen molar-refractivity contribution < 1.29 is 9.53 Å². The van der Waals surface area contributed by atoms with Crippen molar-refractivity contribution in [1.29, 1.82) is 0 Å². The van der Waals surface area contributed by atoms with Gasteiger partial charge in [0.2, 0.25) is 11.9 Å². The molecule has 0 bridgehead atoms. The van der Waals surface area contributed by atoms with Crippen molar-refractivity contribution in [3.63, 3.8) is 0 Å². The maximum Gasteiger partial charge on any atom is 0.241 e. The first-order chi connectivity index (χ1) is 13.7. The number of aromatic nitrogens is 2. The highest BCUT2D eigenvalue weighted by molar-refractivity contribution is 5.95. The molecule has 1 aromatic carbocycles. The highest BCUT2D eigenvalue weighted by atomic mass is 16.5. The SMILES string of the molecule is COc1ccc(N2CCN(Cc3cnc(N4CCCCC4)nc3)CC2=O)cc1. The third-order valence-corrected chi connectivity index (χ3v) is 5.42. The van der Waals surface area contributed by atoms with E-state index in [0.29, 0.717) is 19.6 Å². The van der Waals surface area contributed by atoms with E-state index in [1.807, 2.05) is 41.6 Å². The number of methoxy groups -OCH3 is 1. The molecule has 0 N–H and O–H groups in total. The molecule has 3 heterocycles. The van der Waals surface area contributed by atoms with Crippen molar-refractivity contribution in [2.75, 3.05) is 49.6 Å². The summed E-state index contributed by atoms with van der Waals surface area (Å²) in [4.78, 5) is 28.0. The average Bonchev–Trinajstić information content (AvgIpc) is 2.75. The highest BCUT2D eigenvalue weighted by Gasteiger charge is 2.25. The fourth-order valence-electron chi connectivity index (χ4n) is 3.84. The lowest BCUT2D eigenvalue weighted by atomic mass is 10.1. The number of carbonyl (C=O) groups is 1. The van der Waals surface area contributed by atoms with E-state index in [2.05, 4.69) is 19.8 Å². The summed E-state index contributed by atoms with van der Waals surface area (Å²) in [5.41, 5.74) is 1.96. The van der Waals surface area contributed by atoms with Crippen LogP contribution in [0.1, 0.15) is 24.8 Å². The summed E-state index contributed by atoms with van der Waals surface area (Å²) in [7, 11) is 1.64. The minimum atomic E-state index is 0.113. The fourth-order valence-corrected chi connectivity index (χ4v) is 3.84. The summed E-state index contributed by atoms with van der Waals surface area (Å²) in [5, 5.41) is 0.